The second-order valence-electron chi connectivity index (χ2n) is 4.62. The highest BCUT2D eigenvalue weighted by Crippen LogP contribution is 2.27. The Balaban J connectivity index is 2.57. The molecule has 7 nitrogen and oxygen atoms in total. The largest absolute Gasteiger partial charge is 0.482 e. The van der Waals surface area contributed by atoms with Gasteiger partial charge >= 0.3 is 11.9 Å². The molecule has 0 aliphatic heterocycles. The van der Waals surface area contributed by atoms with Gasteiger partial charge in [-0.05, 0) is 24.6 Å². The monoisotopic (exact) mass is 377 g/mol. The zero-order valence-electron chi connectivity index (χ0n) is 13.1. The number of carbonyl (C=O) groups excluding carboxylic acids is 3. The highest BCUT2D eigenvalue weighted by atomic mass is 35.5. The molecule has 0 heterocycles. The number of ether oxygens (including phenoxy) is 3. The summed E-state index contributed by atoms with van der Waals surface area (Å²) in [7, 11) is 2.42. The molecule has 0 bridgehead atoms. The van der Waals surface area contributed by atoms with Crippen molar-refractivity contribution in [2.75, 3.05) is 20.8 Å². The summed E-state index contributed by atoms with van der Waals surface area (Å²) in [6.45, 7) is -0.368. The fraction of sp³-hybridized carbons (Fsp3) is 0.400. The average molecular weight is 378 g/mol. The van der Waals surface area contributed by atoms with Crippen molar-refractivity contribution < 1.29 is 28.6 Å². The number of hydrogen-bond acceptors (Lipinski definition) is 6. The van der Waals surface area contributed by atoms with Crippen LogP contribution in [-0.4, -0.2) is 44.7 Å². The maximum atomic E-state index is 11.9. The van der Waals surface area contributed by atoms with E-state index in [2.05, 4.69) is 14.8 Å². The van der Waals surface area contributed by atoms with Crippen LogP contribution in [0.15, 0.2) is 18.2 Å². The van der Waals surface area contributed by atoms with Crippen LogP contribution in [0.2, 0.25) is 10.0 Å². The maximum absolute atomic E-state index is 11.9. The number of halogens is 2. The van der Waals surface area contributed by atoms with Crippen LogP contribution < -0.4 is 10.1 Å². The van der Waals surface area contributed by atoms with Crippen molar-refractivity contribution in [1.82, 2.24) is 5.32 Å². The zero-order chi connectivity index (χ0) is 18.1. The summed E-state index contributed by atoms with van der Waals surface area (Å²) in [4.78, 5) is 34.7. The number of esters is 2. The third-order valence-electron chi connectivity index (χ3n) is 2.94. The lowest BCUT2D eigenvalue weighted by Gasteiger charge is -2.16. The fourth-order valence-corrected chi connectivity index (χ4v) is 2.19. The molecule has 0 unspecified atom stereocenters. The van der Waals surface area contributed by atoms with Crippen LogP contribution in [-0.2, 0) is 23.9 Å². The van der Waals surface area contributed by atoms with Gasteiger partial charge in [-0.1, -0.05) is 23.2 Å². The van der Waals surface area contributed by atoms with Gasteiger partial charge in [-0.25, -0.2) is 4.79 Å². The standard InChI is InChI=1S/C15H17Cl2NO6/c1-22-14(20)6-4-11(15(21)23-2)18-13(19)8-24-12-5-3-9(16)7-10(12)17/h3,5,7,11H,4,6,8H2,1-2H3,(H,18,19)/t11-/m0/s1. The number of amides is 1. The summed E-state index contributed by atoms with van der Waals surface area (Å²) in [5.41, 5.74) is 0. The van der Waals surface area contributed by atoms with E-state index in [9.17, 15) is 14.4 Å². The Morgan fingerprint density at radius 1 is 1.17 bits per heavy atom. The van der Waals surface area contributed by atoms with Gasteiger partial charge in [0.1, 0.15) is 11.8 Å². The Bertz CT molecular complexity index is 608. The summed E-state index contributed by atoms with van der Waals surface area (Å²) in [6, 6.07) is 3.58. The van der Waals surface area contributed by atoms with Gasteiger partial charge in [-0.2, -0.15) is 0 Å². The van der Waals surface area contributed by atoms with Crippen LogP contribution in [0.25, 0.3) is 0 Å². The van der Waals surface area contributed by atoms with Gasteiger partial charge in [0.2, 0.25) is 0 Å². The van der Waals surface area contributed by atoms with Gasteiger partial charge in [0.25, 0.3) is 5.91 Å². The van der Waals surface area contributed by atoms with E-state index in [0.717, 1.165) is 0 Å². The predicted octanol–water partition coefficient (Wildman–Crippen LogP) is 1.98. The van der Waals surface area contributed by atoms with E-state index >= 15 is 0 Å². The summed E-state index contributed by atoms with van der Waals surface area (Å²) < 4.78 is 14.4. The molecule has 132 valence electrons. The average Bonchev–Trinajstić information content (AvgIpc) is 2.56. The molecule has 1 atom stereocenters. The molecule has 0 aliphatic rings. The third-order valence-corrected chi connectivity index (χ3v) is 3.47. The lowest BCUT2D eigenvalue weighted by Crippen LogP contribution is -2.43. The first-order valence-electron chi connectivity index (χ1n) is 6.89. The number of rotatable bonds is 8. The molecule has 0 radical (unpaired) electrons. The third kappa shape index (κ3) is 6.64. The molecule has 0 fully saturated rings. The van der Waals surface area contributed by atoms with Crippen molar-refractivity contribution in [3.8, 4) is 5.75 Å². The number of benzene rings is 1. The van der Waals surface area contributed by atoms with E-state index in [1.165, 1.54) is 26.4 Å². The topological polar surface area (TPSA) is 90.9 Å². The highest BCUT2D eigenvalue weighted by molar-refractivity contribution is 6.35. The SMILES string of the molecule is COC(=O)CC[C@H](NC(=O)COc1ccc(Cl)cc1Cl)C(=O)OC. The first-order chi connectivity index (χ1) is 11.4. The van der Waals surface area contributed by atoms with Crippen LogP contribution in [0.1, 0.15) is 12.8 Å². The first kappa shape index (κ1) is 20.1. The molecule has 0 saturated heterocycles. The minimum Gasteiger partial charge on any atom is -0.482 e. The van der Waals surface area contributed by atoms with Crippen molar-refractivity contribution in [1.29, 1.82) is 0 Å². The Morgan fingerprint density at radius 3 is 2.46 bits per heavy atom. The second kappa shape index (κ2) is 10.00. The molecule has 0 spiro atoms. The van der Waals surface area contributed by atoms with Crippen molar-refractivity contribution in [2.45, 2.75) is 18.9 Å². The van der Waals surface area contributed by atoms with E-state index in [4.69, 9.17) is 27.9 Å². The number of hydrogen-bond donors (Lipinski definition) is 1. The molecule has 0 saturated carbocycles. The van der Waals surface area contributed by atoms with Crippen LogP contribution in [0.4, 0.5) is 0 Å². The van der Waals surface area contributed by atoms with Crippen LogP contribution in [0.3, 0.4) is 0 Å². The van der Waals surface area contributed by atoms with Crippen LogP contribution in [0.5, 0.6) is 5.75 Å². The summed E-state index contributed by atoms with van der Waals surface area (Å²) in [5.74, 6) is -1.46. The summed E-state index contributed by atoms with van der Waals surface area (Å²) in [6.07, 6.45) is 0.00715. The van der Waals surface area contributed by atoms with Crippen molar-refractivity contribution in [3.63, 3.8) is 0 Å². The first-order valence-corrected chi connectivity index (χ1v) is 7.64. The van der Waals surface area contributed by atoms with E-state index in [0.29, 0.717) is 5.02 Å². The molecular formula is C15H17Cl2NO6. The minimum atomic E-state index is -0.981. The van der Waals surface area contributed by atoms with Crippen molar-refractivity contribution in [2.24, 2.45) is 0 Å². The van der Waals surface area contributed by atoms with Gasteiger partial charge in [-0.3, -0.25) is 9.59 Å². The van der Waals surface area contributed by atoms with E-state index in [1.807, 2.05) is 0 Å². The Morgan fingerprint density at radius 2 is 1.88 bits per heavy atom. The smallest absolute Gasteiger partial charge is 0.328 e. The van der Waals surface area contributed by atoms with E-state index < -0.39 is 23.9 Å². The highest BCUT2D eigenvalue weighted by Gasteiger charge is 2.23. The van der Waals surface area contributed by atoms with Crippen LogP contribution >= 0.6 is 23.2 Å². The lowest BCUT2D eigenvalue weighted by molar-refractivity contribution is -0.146. The molecular weight excluding hydrogens is 361 g/mol. The summed E-state index contributed by atoms with van der Waals surface area (Å²) in [5, 5.41) is 3.12. The van der Waals surface area contributed by atoms with E-state index in [-0.39, 0.29) is 30.2 Å². The molecule has 1 rings (SSSR count). The number of methoxy groups -OCH3 is 2. The normalized spacial score (nSPS) is 11.3. The molecule has 0 aliphatic carbocycles. The molecule has 1 amide bonds. The van der Waals surface area contributed by atoms with Crippen molar-refractivity contribution in [3.05, 3.63) is 28.2 Å². The minimum absolute atomic E-state index is 0.0413. The molecule has 1 N–H and O–H groups in total. The van der Waals surface area contributed by atoms with Gasteiger partial charge in [-0.15, -0.1) is 0 Å². The Kier molecular flexibility index (Phi) is 8.35. The summed E-state index contributed by atoms with van der Waals surface area (Å²) >= 11 is 11.7. The Labute approximate surface area is 149 Å². The lowest BCUT2D eigenvalue weighted by atomic mass is 10.1. The fourth-order valence-electron chi connectivity index (χ4n) is 1.73. The quantitative estimate of drug-likeness (QED) is 0.696. The Hall–Kier alpha value is -1.99. The maximum Gasteiger partial charge on any atom is 0.328 e. The predicted molar refractivity (Wildman–Crippen MR) is 87.2 cm³/mol. The van der Waals surface area contributed by atoms with Gasteiger partial charge in [0.15, 0.2) is 6.61 Å². The van der Waals surface area contributed by atoms with Crippen molar-refractivity contribution >= 4 is 41.0 Å². The molecule has 1 aromatic rings. The van der Waals surface area contributed by atoms with Gasteiger partial charge in [0, 0.05) is 11.4 Å². The van der Waals surface area contributed by atoms with Gasteiger partial charge < -0.3 is 19.5 Å². The number of carbonyl (C=O) groups is 3. The second-order valence-corrected chi connectivity index (χ2v) is 5.47. The van der Waals surface area contributed by atoms with Crippen LogP contribution in [0, 0.1) is 0 Å². The van der Waals surface area contributed by atoms with E-state index in [1.54, 1.807) is 6.07 Å². The van der Waals surface area contributed by atoms with Gasteiger partial charge in [0.05, 0.1) is 19.2 Å². The molecule has 9 heteroatoms. The molecule has 0 aromatic heterocycles. The molecule has 1 aromatic carbocycles. The molecule has 24 heavy (non-hydrogen) atoms. The number of nitrogens with one attached hydrogen (secondary N) is 1. The zero-order valence-corrected chi connectivity index (χ0v) is 14.6.